The molecular weight excluding hydrogens is 382 g/mol. The molecule has 0 spiro atoms. The summed E-state index contributed by atoms with van der Waals surface area (Å²) in [6, 6.07) is 9.88. The van der Waals surface area contributed by atoms with Crippen LogP contribution in [0.5, 0.6) is 0 Å². The summed E-state index contributed by atoms with van der Waals surface area (Å²) >= 11 is 0. The number of anilines is 1. The fraction of sp³-hybridized carbons (Fsp3) is 0.481. The largest absolute Gasteiger partial charge is 0.378 e. The first-order valence-electron chi connectivity index (χ1n) is 11.7. The molecule has 0 unspecified atom stereocenters. The van der Waals surface area contributed by atoms with Gasteiger partial charge < -0.3 is 10.2 Å². The Morgan fingerprint density at radius 2 is 1.74 bits per heavy atom. The van der Waals surface area contributed by atoms with E-state index >= 15 is 0 Å². The van der Waals surface area contributed by atoms with Gasteiger partial charge >= 0.3 is 0 Å². The van der Waals surface area contributed by atoms with Gasteiger partial charge in [0.05, 0.1) is 17.4 Å². The Kier molecular flexibility index (Phi) is 13.0. The van der Waals surface area contributed by atoms with Crippen molar-refractivity contribution >= 4 is 22.5 Å². The zero-order valence-corrected chi connectivity index (χ0v) is 20.4. The number of aromatic nitrogens is 1. The Hall–Kier alpha value is -2.62. The first-order chi connectivity index (χ1) is 15.0. The standard InChI is InChI=1S/C24H33N3O.C3H8/c1-5-16-27(4)22(7-3)14-12-19(6-2)13-15-24(28)26-21-17-20-10-8-9-11-23(20)25-18-21;1-3-2/h8-12,14,17-18H,5-7,13,15-16H2,1-4H3,(H,26,28);3H2,1-2H3/b19-12+,22-14+;. The molecule has 0 aliphatic rings. The average molecular weight is 424 g/mol. The summed E-state index contributed by atoms with van der Waals surface area (Å²) in [5.74, 6) is 0.0271. The van der Waals surface area contributed by atoms with Crippen LogP contribution < -0.4 is 5.32 Å². The van der Waals surface area contributed by atoms with Crippen LogP contribution in [-0.2, 0) is 4.79 Å². The van der Waals surface area contributed by atoms with Crippen LogP contribution in [0.4, 0.5) is 5.69 Å². The van der Waals surface area contributed by atoms with Crippen molar-refractivity contribution in [3.63, 3.8) is 0 Å². The van der Waals surface area contributed by atoms with Gasteiger partial charge in [0.25, 0.3) is 0 Å². The second-order valence-electron chi connectivity index (χ2n) is 7.78. The average Bonchev–Trinajstić information content (AvgIpc) is 2.77. The first kappa shape index (κ1) is 26.4. The summed E-state index contributed by atoms with van der Waals surface area (Å²) in [6.45, 7) is 11.8. The molecule has 0 saturated carbocycles. The molecule has 0 aliphatic carbocycles. The number of nitrogens with one attached hydrogen (secondary N) is 1. The van der Waals surface area contributed by atoms with Crippen molar-refractivity contribution in [1.82, 2.24) is 9.88 Å². The number of nitrogens with zero attached hydrogens (tertiary/aromatic N) is 2. The number of allylic oxidation sites excluding steroid dienone is 4. The number of rotatable bonds is 10. The molecule has 2 aromatic rings. The molecule has 4 nitrogen and oxygen atoms in total. The van der Waals surface area contributed by atoms with Crippen LogP contribution in [0.1, 0.15) is 73.1 Å². The van der Waals surface area contributed by atoms with E-state index in [4.69, 9.17) is 0 Å². The van der Waals surface area contributed by atoms with Crippen LogP contribution in [-0.4, -0.2) is 29.4 Å². The van der Waals surface area contributed by atoms with Crippen molar-refractivity contribution in [3.8, 4) is 0 Å². The van der Waals surface area contributed by atoms with Gasteiger partial charge in [0.15, 0.2) is 0 Å². The normalized spacial score (nSPS) is 11.7. The van der Waals surface area contributed by atoms with Crippen LogP contribution in [0.2, 0.25) is 0 Å². The van der Waals surface area contributed by atoms with Gasteiger partial charge in [-0.05, 0) is 43.9 Å². The predicted octanol–water partition coefficient (Wildman–Crippen LogP) is 7.34. The summed E-state index contributed by atoms with van der Waals surface area (Å²) in [4.78, 5) is 19.1. The van der Waals surface area contributed by atoms with Gasteiger partial charge in [0.2, 0.25) is 5.91 Å². The lowest BCUT2D eigenvalue weighted by molar-refractivity contribution is -0.116. The third-order valence-corrected chi connectivity index (χ3v) is 4.92. The number of carbonyl (C=O) groups excluding carboxylic acids is 1. The molecule has 0 radical (unpaired) electrons. The highest BCUT2D eigenvalue weighted by Crippen LogP contribution is 2.17. The van der Waals surface area contributed by atoms with Crippen LogP contribution in [0.3, 0.4) is 0 Å². The second-order valence-corrected chi connectivity index (χ2v) is 7.78. The van der Waals surface area contributed by atoms with Crippen molar-refractivity contribution < 1.29 is 4.79 Å². The van der Waals surface area contributed by atoms with Crippen molar-refractivity contribution in [2.45, 2.75) is 73.1 Å². The van der Waals surface area contributed by atoms with E-state index in [1.165, 1.54) is 17.7 Å². The quantitative estimate of drug-likeness (QED) is 0.407. The summed E-state index contributed by atoms with van der Waals surface area (Å²) < 4.78 is 0. The van der Waals surface area contributed by atoms with E-state index in [-0.39, 0.29) is 5.91 Å². The Morgan fingerprint density at radius 3 is 2.39 bits per heavy atom. The monoisotopic (exact) mass is 423 g/mol. The number of benzene rings is 1. The molecule has 1 heterocycles. The van der Waals surface area contributed by atoms with Crippen molar-refractivity contribution in [2.75, 3.05) is 18.9 Å². The van der Waals surface area contributed by atoms with Crippen LogP contribution in [0, 0.1) is 0 Å². The first-order valence-corrected chi connectivity index (χ1v) is 11.7. The summed E-state index contributed by atoms with van der Waals surface area (Å²) in [7, 11) is 2.14. The number of para-hydroxylation sites is 1. The van der Waals surface area contributed by atoms with Crippen molar-refractivity contribution in [1.29, 1.82) is 0 Å². The van der Waals surface area contributed by atoms with Gasteiger partial charge in [-0.25, -0.2) is 0 Å². The molecule has 1 aromatic heterocycles. The van der Waals surface area contributed by atoms with E-state index in [2.05, 4.69) is 69.0 Å². The molecule has 31 heavy (non-hydrogen) atoms. The molecule has 170 valence electrons. The minimum atomic E-state index is 0.0271. The van der Waals surface area contributed by atoms with Crippen molar-refractivity contribution in [3.05, 3.63) is 60.0 Å². The molecule has 0 saturated heterocycles. The molecule has 1 N–H and O–H groups in total. The van der Waals surface area contributed by atoms with E-state index in [1.54, 1.807) is 6.20 Å². The highest BCUT2D eigenvalue weighted by molar-refractivity contribution is 5.93. The molecule has 0 aliphatic heterocycles. The maximum atomic E-state index is 12.4. The fourth-order valence-corrected chi connectivity index (χ4v) is 3.22. The number of fused-ring (bicyclic) bond motifs is 1. The van der Waals surface area contributed by atoms with Gasteiger partial charge in [0.1, 0.15) is 0 Å². The van der Waals surface area contributed by atoms with E-state index in [9.17, 15) is 4.79 Å². The predicted molar refractivity (Wildman–Crippen MR) is 135 cm³/mol. The molecule has 0 fully saturated rings. The topological polar surface area (TPSA) is 45.2 Å². The highest BCUT2D eigenvalue weighted by Gasteiger charge is 2.06. The zero-order chi connectivity index (χ0) is 23.1. The third kappa shape index (κ3) is 9.82. The molecule has 0 bridgehead atoms. The molecular formula is C27H41N3O. The molecule has 0 atom stereocenters. The second kappa shape index (κ2) is 15.2. The SMILES string of the molecule is CCC.CCCN(C)/C(=C/C=C(\CC)CCC(=O)Nc1cnc2ccccc2c1)CC. The van der Waals surface area contributed by atoms with Crippen LogP contribution in [0.25, 0.3) is 10.9 Å². The van der Waals surface area contributed by atoms with Crippen LogP contribution >= 0.6 is 0 Å². The Morgan fingerprint density at radius 1 is 1.03 bits per heavy atom. The Balaban J connectivity index is 0.00000151. The molecule has 4 heteroatoms. The summed E-state index contributed by atoms with van der Waals surface area (Å²) in [6.07, 6.45) is 11.7. The minimum absolute atomic E-state index is 0.0271. The Labute approximate surface area is 189 Å². The highest BCUT2D eigenvalue weighted by atomic mass is 16.1. The van der Waals surface area contributed by atoms with Gasteiger partial charge in [-0.2, -0.15) is 0 Å². The molecule has 1 amide bonds. The number of hydrogen-bond donors (Lipinski definition) is 1. The fourth-order valence-electron chi connectivity index (χ4n) is 3.22. The van der Waals surface area contributed by atoms with E-state index < -0.39 is 0 Å². The zero-order valence-electron chi connectivity index (χ0n) is 20.4. The summed E-state index contributed by atoms with van der Waals surface area (Å²) in [5, 5.41) is 4.00. The van der Waals surface area contributed by atoms with Crippen LogP contribution in [0.15, 0.2) is 60.0 Å². The maximum Gasteiger partial charge on any atom is 0.224 e. The van der Waals surface area contributed by atoms with Gasteiger partial charge in [-0.15, -0.1) is 0 Å². The van der Waals surface area contributed by atoms with Gasteiger partial charge in [-0.3, -0.25) is 9.78 Å². The number of hydrogen-bond acceptors (Lipinski definition) is 3. The Bertz CT molecular complexity index is 854. The van der Waals surface area contributed by atoms with E-state index in [1.807, 2.05) is 30.3 Å². The molecule has 2 rings (SSSR count). The minimum Gasteiger partial charge on any atom is -0.378 e. The van der Waals surface area contributed by atoms with E-state index in [0.717, 1.165) is 48.8 Å². The van der Waals surface area contributed by atoms with E-state index in [0.29, 0.717) is 6.42 Å². The smallest absolute Gasteiger partial charge is 0.224 e. The lowest BCUT2D eigenvalue weighted by Crippen LogP contribution is -2.17. The number of carbonyl (C=O) groups is 1. The van der Waals surface area contributed by atoms with Gasteiger partial charge in [-0.1, -0.05) is 70.9 Å². The lowest BCUT2D eigenvalue weighted by atomic mass is 10.1. The van der Waals surface area contributed by atoms with Crippen molar-refractivity contribution in [2.24, 2.45) is 0 Å². The maximum absolute atomic E-state index is 12.4. The van der Waals surface area contributed by atoms with Gasteiger partial charge in [0, 0.05) is 31.1 Å². The number of amides is 1. The third-order valence-electron chi connectivity index (χ3n) is 4.92. The lowest BCUT2D eigenvalue weighted by Gasteiger charge is -2.20. The molecule has 1 aromatic carbocycles. The number of pyridine rings is 1. The summed E-state index contributed by atoms with van der Waals surface area (Å²) in [5.41, 5.74) is 4.31.